The van der Waals surface area contributed by atoms with Crippen molar-refractivity contribution in [3.05, 3.63) is 20.1 Å². The molecule has 0 nitrogen and oxygen atoms in total. The van der Waals surface area contributed by atoms with Crippen molar-refractivity contribution in [1.29, 1.82) is 0 Å². The van der Waals surface area contributed by atoms with Crippen molar-refractivity contribution < 1.29 is 0 Å². The highest BCUT2D eigenvalue weighted by molar-refractivity contribution is 6.54. The molecule has 0 amide bonds. The van der Waals surface area contributed by atoms with Crippen LogP contribution in [-0.2, 0) is 0 Å². The summed E-state index contributed by atoms with van der Waals surface area (Å²) in [4.78, 5) is 0. The molecule has 1 rings (SSSR count). The van der Waals surface area contributed by atoms with Crippen molar-refractivity contribution in [1.82, 2.24) is 0 Å². The summed E-state index contributed by atoms with van der Waals surface area (Å²) in [5.74, 6) is 0.307. The van der Waals surface area contributed by atoms with Crippen LogP contribution >= 0.6 is 69.6 Å². The van der Waals surface area contributed by atoms with Crippen LogP contribution in [0.5, 0.6) is 0 Å². The Balaban J connectivity index is 3.28. The predicted molar refractivity (Wildman–Crippen MR) is 61.3 cm³/mol. The number of halogens is 6. The Morgan fingerprint density at radius 1 is 0.769 bits per heavy atom. The molecule has 0 saturated carbocycles. The number of rotatable bonds is 2. The van der Waals surface area contributed by atoms with E-state index in [1.165, 1.54) is 0 Å². The van der Waals surface area contributed by atoms with E-state index in [1.54, 1.807) is 0 Å². The minimum absolute atomic E-state index is 0.153. The van der Waals surface area contributed by atoms with E-state index in [0.29, 0.717) is 10.1 Å². The summed E-state index contributed by atoms with van der Waals surface area (Å²) in [6, 6.07) is 0. The molecule has 1 aliphatic carbocycles. The fraction of sp³-hybridized carbons (Fsp3) is 0.429. The molecule has 0 aromatic rings. The summed E-state index contributed by atoms with van der Waals surface area (Å²) in [6.45, 7) is 0. The summed E-state index contributed by atoms with van der Waals surface area (Å²) in [5, 5.41) is 1.09. The van der Waals surface area contributed by atoms with Gasteiger partial charge in [-0.05, 0) is 0 Å². The van der Waals surface area contributed by atoms with Crippen molar-refractivity contribution >= 4 is 69.6 Å². The molecule has 13 heavy (non-hydrogen) atoms. The minimum Gasteiger partial charge on any atom is -0.125 e. The fourth-order valence-electron chi connectivity index (χ4n) is 0.980. The third kappa shape index (κ3) is 1.71. The standard InChI is InChI=1S/C7H4Cl6/c8-1-7(2-9)5(12)3(10)4(11)6(7)13/h1-2H2. The Kier molecular flexibility index (Phi) is 4.14. The predicted octanol–water partition coefficient (Wildman–Crippen LogP) is 4.84. The van der Waals surface area contributed by atoms with Crippen LogP contribution in [0.25, 0.3) is 0 Å². The summed E-state index contributed by atoms with van der Waals surface area (Å²) >= 11 is 35.0. The van der Waals surface area contributed by atoms with Crippen LogP contribution in [0.3, 0.4) is 0 Å². The van der Waals surface area contributed by atoms with Crippen LogP contribution in [-0.4, -0.2) is 11.8 Å². The average molecular weight is 301 g/mol. The van der Waals surface area contributed by atoms with Gasteiger partial charge in [0.1, 0.15) is 0 Å². The molecule has 0 aromatic carbocycles. The van der Waals surface area contributed by atoms with Gasteiger partial charge in [-0.2, -0.15) is 0 Å². The molecule has 1 aliphatic rings. The van der Waals surface area contributed by atoms with Gasteiger partial charge in [-0.3, -0.25) is 0 Å². The maximum absolute atomic E-state index is 5.94. The first-order valence-corrected chi connectivity index (χ1v) is 5.83. The molecule has 0 N–H and O–H groups in total. The largest absolute Gasteiger partial charge is 0.125 e. The average Bonchev–Trinajstić information content (AvgIpc) is 2.31. The first kappa shape index (κ1) is 12.3. The van der Waals surface area contributed by atoms with Gasteiger partial charge in [-0.15, -0.1) is 23.2 Å². The van der Waals surface area contributed by atoms with Crippen LogP contribution in [0.15, 0.2) is 20.1 Å². The van der Waals surface area contributed by atoms with Crippen LogP contribution in [0, 0.1) is 5.41 Å². The van der Waals surface area contributed by atoms with Crippen LogP contribution in [0.4, 0.5) is 0 Å². The van der Waals surface area contributed by atoms with Gasteiger partial charge in [0, 0.05) is 11.8 Å². The normalized spacial score (nSPS) is 21.7. The van der Waals surface area contributed by atoms with Gasteiger partial charge in [0.05, 0.1) is 25.5 Å². The van der Waals surface area contributed by atoms with E-state index < -0.39 is 5.41 Å². The quantitative estimate of drug-likeness (QED) is 0.640. The monoisotopic (exact) mass is 298 g/mol. The number of hydrogen-bond donors (Lipinski definition) is 0. The number of alkyl halides is 2. The molecule has 0 aromatic heterocycles. The van der Waals surface area contributed by atoms with E-state index in [0.717, 1.165) is 0 Å². The highest BCUT2D eigenvalue weighted by atomic mass is 35.5. The van der Waals surface area contributed by atoms with Crippen molar-refractivity contribution in [2.45, 2.75) is 0 Å². The molecule has 0 radical (unpaired) electrons. The second-order valence-electron chi connectivity index (χ2n) is 2.61. The Morgan fingerprint density at radius 2 is 1.08 bits per heavy atom. The Bertz CT molecular complexity index is 259. The van der Waals surface area contributed by atoms with Crippen LogP contribution < -0.4 is 0 Å². The van der Waals surface area contributed by atoms with Gasteiger partial charge in [-0.25, -0.2) is 0 Å². The molecule has 0 heterocycles. The van der Waals surface area contributed by atoms with E-state index in [9.17, 15) is 0 Å². The second-order valence-corrected chi connectivity index (χ2v) is 4.65. The summed E-state index contributed by atoms with van der Waals surface area (Å²) in [7, 11) is 0. The Morgan fingerprint density at radius 3 is 1.23 bits per heavy atom. The smallest absolute Gasteiger partial charge is 0.0759 e. The SMILES string of the molecule is ClCC1(CCl)C(Cl)=C(Cl)C(Cl)=C1Cl. The maximum atomic E-state index is 5.94. The Hall–Kier alpha value is 1.22. The molecule has 0 spiro atoms. The first-order chi connectivity index (χ1) is 6.01. The van der Waals surface area contributed by atoms with Gasteiger partial charge >= 0.3 is 0 Å². The molecule has 74 valence electrons. The molecule has 0 aliphatic heterocycles. The molecule has 0 bridgehead atoms. The van der Waals surface area contributed by atoms with Gasteiger partial charge in [0.15, 0.2) is 0 Å². The van der Waals surface area contributed by atoms with Crippen molar-refractivity contribution in [2.75, 3.05) is 11.8 Å². The van der Waals surface area contributed by atoms with Gasteiger partial charge in [0.2, 0.25) is 0 Å². The molecule has 0 unspecified atom stereocenters. The molecule has 6 heteroatoms. The van der Waals surface area contributed by atoms with Crippen molar-refractivity contribution in [2.24, 2.45) is 5.41 Å². The van der Waals surface area contributed by atoms with Crippen LogP contribution in [0.1, 0.15) is 0 Å². The van der Waals surface area contributed by atoms with Crippen molar-refractivity contribution in [3.63, 3.8) is 0 Å². The zero-order chi connectivity index (χ0) is 10.2. The van der Waals surface area contributed by atoms with Crippen LogP contribution in [0.2, 0.25) is 0 Å². The summed E-state index contributed by atoms with van der Waals surface area (Å²) in [6.07, 6.45) is 0. The molecule has 0 saturated heterocycles. The molecular formula is C7H4Cl6. The van der Waals surface area contributed by atoms with Gasteiger partial charge < -0.3 is 0 Å². The lowest BCUT2D eigenvalue weighted by Gasteiger charge is -2.24. The third-order valence-corrected chi connectivity index (χ3v) is 4.93. The van der Waals surface area contributed by atoms with E-state index in [-0.39, 0.29) is 21.8 Å². The molecular weight excluding hydrogens is 297 g/mol. The summed E-state index contributed by atoms with van der Waals surface area (Å²) < 4.78 is 0. The highest BCUT2D eigenvalue weighted by Crippen LogP contribution is 2.54. The van der Waals surface area contributed by atoms with E-state index in [4.69, 9.17) is 69.6 Å². The third-order valence-electron chi connectivity index (χ3n) is 1.87. The number of allylic oxidation sites excluding steroid dienone is 4. The zero-order valence-corrected chi connectivity index (χ0v) is 10.7. The lowest BCUT2D eigenvalue weighted by Crippen LogP contribution is -2.24. The topological polar surface area (TPSA) is 0 Å². The van der Waals surface area contributed by atoms with Gasteiger partial charge in [0.25, 0.3) is 0 Å². The van der Waals surface area contributed by atoms with E-state index >= 15 is 0 Å². The second kappa shape index (κ2) is 4.38. The van der Waals surface area contributed by atoms with E-state index in [2.05, 4.69) is 0 Å². The van der Waals surface area contributed by atoms with E-state index in [1.807, 2.05) is 0 Å². The zero-order valence-electron chi connectivity index (χ0n) is 6.18. The van der Waals surface area contributed by atoms with Crippen molar-refractivity contribution in [3.8, 4) is 0 Å². The first-order valence-electron chi connectivity index (χ1n) is 3.25. The maximum Gasteiger partial charge on any atom is 0.0759 e. The number of hydrogen-bond acceptors (Lipinski definition) is 0. The molecule has 0 atom stereocenters. The highest BCUT2D eigenvalue weighted by Gasteiger charge is 2.44. The minimum atomic E-state index is -0.805. The fourth-order valence-corrected chi connectivity index (χ4v) is 3.41. The lowest BCUT2D eigenvalue weighted by atomic mass is 9.95. The summed E-state index contributed by atoms with van der Waals surface area (Å²) in [5.41, 5.74) is -0.805. The molecule has 0 fully saturated rings. The lowest BCUT2D eigenvalue weighted by molar-refractivity contribution is 0.623. The van der Waals surface area contributed by atoms with Gasteiger partial charge in [-0.1, -0.05) is 46.4 Å². The Labute approximate surface area is 106 Å².